The van der Waals surface area contributed by atoms with E-state index in [1.54, 1.807) is 25.3 Å². The first-order valence-corrected chi connectivity index (χ1v) is 11.6. The van der Waals surface area contributed by atoms with E-state index < -0.39 is 10.0 Å². The molecule has 0 aromatic heterocycles. The van der Waals surface area contributed by atoms with Crippen molar-refractivity contribution in [2.45, 2.75) is 24.9 Å². The highest BCUT2D eigenvalue weighted by Gasteiger charge is 2.14. The number of benzene rings is 2. The first-order valence-electron chi connectivity index (χ1n) is 10.1. The van der Waals surface area contributed by atoms with E-state index in [0.717, 1.165) is 29.4 Å². The lowest BCUT2D eigenvalue weighted by Crippen LogP contribution is -2.38. The molecule has 9 heteroatoms. The Bertz CT molecular complexity index is 946. The fourth-order valence-corrected chi connectivity index (χ4v) is 3.97. The van der Waals surface area contributed by atoms with Gasteiger partial charge in [-0.05, 0) is 42.3 Å². The molecule has 31 heavy (non-hydrogen) atoms. The standard InChI is InChI=1S/C22H32N4O4S/c1-5-23-22(26(2)17-18-9-11-20(30-4)12-10-18)24-16-19-7-6-8-21(15-19)31(27,28)25-13-14-29-3/h6-12,15,25H,5,13-14,16-17H2,1-4H3,(H,23,24). The number of hydrogen-bond acceptors (Lipinski definition) is 5. The van der Waals surface area contributed by atoms with Crippen LogP contribution >= 0.6 is 0 Å². The van der Waals surface area contributed by atoms with Crippen LogP contribution in [0.3, 0.4) is 0 Å². The average molecular weight is 449 g/mol. The number of nitrogens with zero attached hydrogens (tertiary/aromatic N) is 2. The highest BCUT2D eigenvalue weighted by molar-refractivity contribution is 7.89. The zero-order valence-corrected chi connectivity index (χ0v) is 19.4. The maximum absolute atomic E-state index is 12.4. The summed E-state index contributed by atoms with van der Waals surface area (Å²) < 4.78 is 37.5. The summed E-state index contributed by atoms with van der Waals surface area (Å²) in [7, 11) is 1.56. The molecule has 2 aromatic carbocycles. The summed E-state index contributed by atoms with van der Waals surface area (Å²) in [4.78, 5) is 6.93. The molecule has 0 aliphatic rings. The Morgan fingerprint density at radius 2 is 1.84 bits per heavy atom. The van der Waals surface area contributed by atoms with Gasteiger partial charge in [0.05, 0.1) is 25.2 Å². The van der Waals surface area contributed by atoms with Crippen molar-refractivity contribution in [2.75, 3.05) is 41.0 Å². The quantitative estimate of drug-likeness (QED) is 0.311. The van der Waals surface area contributed by atoms with Gasteiger partial charge in [0.1, 0.15) is 5.75 Å². The predicted molar refractivity (Wildman–Crippen MR) is 123 cm³/mol. The van der Waals surface area contributed by atoms with Gasteiger partial charge in [-0.1, -0.05) is 24.3 Å². The summed E-state index contributed by atoms with van der Waals surface area (Å²) in [5, 5.41) is 3.28. The van der Waals surface area contributed by atoms with Crippen molar-refractivity contribution in [3.8, 4) is 5.75 Å². The molecule has 0 atom stereocenters. The van der Waals surface area contributed by atoms with Crippen LogP contribution in [0.1, 0.15) is 18.1 Å². The van der Waals surface area contributed by atoms with E-state index >= 15 is 0 Å². The van der Waals surface area contributed by atoms with Crippen molar-refractivity contribution < 1.29 is 17.9 Å². The van der Waals surface area contributed by atoms with Crippen molar-refractivity contribution in [3.63, 3.8) is 0 Å². The molecule has 0 bridgehead atoms. The number of ether oxygens (including phenoxy) is 2. The van der Waals surface area contributed by atoms with Gasteiger partial charge in [0.25, 0.3) is 0 Å². The van der Waals surface area contributed by atoms with Crippen molar-refractivity contribution in [2.24, 2.45) is 4.99 Å². The van der Waals surface area contributed by atoms with Gasteiger partial charge in [-0.15, -0.1) is 0 Å². The minimum absolute atomic E-state index is 0.216. The van der Waals surface area contributed by atoms with Crippen LogP contribution in [0.15, 0.2) is 58.4 Å². The van der Waals surface area contributed by atoms with Crippen LogP contribution in [0.25, 0.3) is 0 Å². The summed E-state index contributed by atoms with van der Waals surface area (Å²) in [6, 6.07) is 14.7. The summed E-state index contributed by atoms with van der Waals surface area (Å²) in [6.07, 6.45) is 0. The molecule has 2 rings (SSSR count). The Labute approximate surface area is 185 Å². The minimum Gasteiger partial charge on any atom is -0.497 e. The van der Waals surface area contributed by atoms with E-state index in [2.05, 4.69) is 15.0 Å². The second-order valence-electron chi connectivity index (χ2n) is 6.91. The third-order valence-electron chi connectivity index (χ3n) is 4.49. The SMILES string of the molecule is CCNC(=NCc1cccc(S(=O)(=O)NCCOC)c1)N(C)Cc1ccc(OC)cc1. The number of methoxy groups -OCH3 is 2. The van der Waals surface area contributed by atoms with Crippen molar-refractivity contribution in [1.29, 1.82) is 0 Å². The topological polar surface area (TPSA) is 92.3 Å². The van der Waals surface area contributed by atoms with E-state index in [4.69, 9.17) is 9.47 Å². The van der Waals surface area contributed by atoms with Crippen molar-refractivity contribution in [3.05, 3.63) is 59.7 Å². The smallest absolute Gasteiger partial charge is 0.240 e. The molecule has 0 fully saturated rings. The third-order valence-corrected chi connectivity index (χ3v) is 5.95. The number of nitrogens with one attached hydrogen (secondary N) is 2. The fourth-order valence-electron chi connectivity index (χ4n) is 2.89. The second kappa shape index (κ2) is 12.3. The summed E-state index contributed by atoms with van der Waals surface area (Å²) in [6.45, 7) is 4.31. The molecule has 0 heterocycles. The number of rotatable bonds is 11. The highest BCUT2D eigenvalue weighted by Crippen LogP contribution is 2.14. The number of sulfonamides is 1. The van der Waals surface area contributed by atoms with Crippen LogP contribution in [0, 0.1) is 0 Å². The lowest BCUT2D eigenvalue weighted by molar-refractivity contribution is 0.204. The van der Waals surface area contributed by atoms with Crippen LogP contribution < -0.4 is 14.8 Å². The second-order valence-corrected chi connectivity index (χ2v) is 8.68. The Morgan fingerprint density at radius 3 is 2.48 bits per heavy atom. The van der Waals surface area contributed by atoms with Crippen molar-refractivity contribution >= 4 is 16.0 Å². The van der Waals surface area contributed by atoms with E-state index in [0.29, 0.717) is 19.7 Å². The maximum Gasteiger partial charge on any atom is 0.240 e. The molecule has 0 saturated heterocycles. The zero-order chi connectivity index (χ0) is 22.7. The maximum atomic E-state index is 12.4. The fraction of sp³-hybridized carbons (Fsp3) is 0.409. The molecule has 0 saturated carbocycles. The molecule has 0 unspecified atom stereocenters. The lowest BCUT2D eigenvalue weighted by Gasteiger charge is -2.22. The van der Waals surface area contributed by atoms with E-state index in [9.17, 15) is 8.42 Å². The monoisotopic (exact) mass is 448 g/mol. The van der Waals surface area contributed by atoms with Gasteiger partial charge < -0.3 is 19.7 Å². The molecule has 8 nitrogen and oxygen atoms in total. The van der Waals surface area contributed by atoms with Crippen molar-refractivity contribution in [1.82, 2.24) is 14.9 Å². The molecular weight excluding hydrogens is 416 g/mol. The minimum atomic E-state index is -3.58. The van der Waals surface area contributed by atoms with Crippen LogP contribution in [0.5, 0.6) is 5.75 Å². The van der Waals surface area contributed by atoms with Gasteiger partial charge in [-0.3, -0.25) is 0 Å². The lowest BCUT2D eigenvalue weighted by atomic mass is 10.2. The van der Waals surface area contributed by atoms with Gasteiger partial charge in [0, 0.05) is 33.8 Å². The molecule has 0 aliphatic carbocycles. The van der Waals surface area contributed by atoms with E-state index in [-0.39, 0.29) is 11.4 Å². The molecule has 2 aromatic rings. The molecular formula is C22H32N4O4S. The van der Waals surface area contributed by atoms with Crippen LogP contribution in [0.4, 0.5) is 0 Å². The normalized spacial score (nSPS) is 11.9. The molecule has 0 spiro atoms. The van der Waals surface area contributed by atoms with Gasteiger partial charge in [-0.25, -0.2) is 18.1 Å². The summed E-state index contributed by atoms with van der Waals surface area (Å²) in [5.74, 6) is 1.56. The van der Waals surface area contributed by atoms with Crippen LogP contribution in [0.2, 0.25) is 0 Å². The number of aliphatic imine (C=N–C) groups is 1. The number of hydrogen-bond donors (Lipinski definition) is 2. The molecule has 0 amide bonds. The van der Waals surface area contributed by atoms with Gasteiger partial charge >= 0.3 is 0 Å². The van der Waals surface area contributed by atoms with Crippen LogP contribution in [-0.2, 0) is 27.8 Å². The molecule has 0 radical (unpaired) electrons. The Morgan fingerprint density at radius 1 is 1.10 bits per heavy atom. The van der Waals surface area contributed by atoms with Crippen LogP contribution in [-0.4, -0.2) is 60.2 Å². The van der Waals surface area contributed by atoms with E-state index in [1.165, 1.54) is 7.11 Å². The largest absolute Gasteiger partial charge is 0.497 e. The first kappa shape index (κ1) is 24.6. The summed E-state index contributed by atoms with van der Waals surface area (Å²) in [5.41, 5.74) is 1.94. The summed E-state index contributed by atoms with van der Waals surface area (Å²) >= 11 is 0. The predicted octanol–water partition coefficient (Wildman–Crippen LogP) is 2.22. The van der Waals surface area contributed by atoms with Gasteiger partial charge in [0.15, 0.2) is 5.96 Å². The van der Waals surface area contributed by atoms with E-state index in [1.807, 2.05) is 49.2 Å². The van der Waals surface area contributed by atoms with Gasteiger partial charge in [0.2, 0.25) is 10.0 Å². The zero-order valence-electron chi connectivity index (χ0n) is 18.6. The van der Waals surface area contributed by atoms with Gasteiger partial charge in [-0.2, -0.15) is 0 Å². The molecule has 0 aliphatic heterocycles. The molecule has 170 valence electrons. The third kappa shape index (κ3) is 7.86. The Kier molecular flexibility index (Phi) is 9.77. The average Bonchev–Trinajstić information content (AvgIpc) is 2.77. The first-order chi connectivity index (χ1) is 14.9. The number of guanidine groups is 1. The highest BCUT2D eigenvalue weighted by atomic mass is 32.2. The Balaban J connectivity index is 2.10. The molecule has 2 N–H and O–H groups in total. The Hall–Kier alpha value is -2.62.